The van der Waals surface area contributed by atoms with Crippen molar-refractivity contribution in [2.75, 3.05) is 0 Å². The summed E-state index contributed by atoms with van der Waals surface area (Å²) in [5.74, 6) is -0.689. The largest absolute Gasteiger partial charge is 0.350 e. The summed E-state index contributed by atoms with van der Waals surface area (Å²) < 4.78 is 14.2. The summed E-state index contributed by atoms with van der Waals surface area (Å²) in [6.45, 7) is 3.50. The lowest BCUT2D eigenvalue weighted by molar-refractivity contribution is -0.129. The van der Waals surface area contributed by atoms with Crippen LogP contribution in [0, 0.1) is 5.82 Å². The molecule has 0 fully saturated rings. The number of carbonyl (C=O) groups excluding carboxylic acids is 1. The van der Waals surface area contributed by atoms with Gasteiger partial charge in [-0.2, -0.15) is 5.10 Å². The van der Waals surface area contributed by atoms with Crippen LogP contribution in [0.3, 0.4) is 0 Å². The molecule has 0 radical (unpaired) electrons. The number of benzene rings is 2. The van der Waals surface area contributed by atoms with Crippen molar-refractivity contribution in [3.63, 3.8) is 0 Å². The van der Waals surface area contributed by atoms with E-state index in [1.54, 1.807) is 32.0 Å². The second-order valence-corrected chi connectivity index (χ2v) is 6.70. The van der Waals surface area contributed by atoms with Crippen molar-refractivity contribution in [2.24, 2.45) is 0 Å². The Hall–Kier alpha value is -3.28. The molecule has 0 unspecified atom stereocenters. The molecule has 0 saturated carbocycles. The first kappa shape index (κ1) is 18.5. The fraction of sp³-hybridized carbons (Fsp3) is 0.190. The summed E-state index contributed by atoms with van der Waals surface area (Å²) in [7, 11) is 0. The Kier molecular flexibility index (Phi) is 5.16. The van der Waals surface area contributed by atoms with Gasteiger partial charge in [-0.1, -0.05) is 42.5 Å². The van der Waals surface area contributed by atoms with Crippen molar-refractivity contribution in [1.82, 2.24) is 15.1 Å². The van der Waals surface area contributed by atoms with Crippen molar-refractivity contribution in [3.05, 3.63) is 88.5 Å². The van der Waals surface area contributed by atoms with E-state index in [1.165, 1.54) is 22.9 Å². The fourth-order valence-electron chi connectivity index (χ4n) is 2.67. The maximum absolute atomic E-state index is 13.0. The smallest absolute Gasteiger partial charge is 0.267 e. The maximum atomic E-state index is 13.0. The molecule has 0 bridgehead atoms. The number of amides is 1. The van der Waals surface area contributed by atoms with Crippen molar-refractivity contribution >= 4 is 5.91 Å². The Labute approximate surface area is 156 Å². The lowest BCUT2D eigenvalue weighted by Crippen LogP contribution is -2.49. The van der Waals surface area contributed by atoms with E-state index in [1.807, 2.05) is 30.3 Å². The first-order chi connectivity index (χ1) is 12.9. The number of nitrogens with one attached hydrogen (secondary N) is 1. The van der Waals surface area contributed by atoms with Crippen LogP contribution in [0.2, 0.25) is 0 Å². The third-order valence-electron chi connectivity index (χ3n) is 4.32. The van der Waals surface area contributed by atoms with Crippen LogP contribution in [0.5, 0.6) is 0 Å². The summed E-state index contributed by atoms with van der Waals surface area (Å²) in [6.07, 6.45) is 0. The van der Waals surface area contributed by atoms with Gasteiger partial charge >= 0.3 is 0 Å². The van der Waals surface area contributed by atoms with Crippen LogP contribution in [-0.2, 0) is 16.9 Å². The third kappa shape index (κ3) is 4.11. The first-order valence-corrected chi connectivity index (χ1v) is 8.57. The zero-order valence-corrected chi connectivity index (χ0v) is 15.1. The van der Waals surface area contributed by atoms with Crippen molar-refractivity contribution in [3.8, 4) is 11.3 Å². The molecule has 0 atom stereocenters. The van der Waals surface area contributed by atoms with Gasteiger partial charge in [0, 0.05) is 18.2 Å². The van der Waals surface area contributed by atoms with Gasteiger partial charge in [0.05, 0.1) is 5.69 Å². The summed E-state index contributed by atoms with van der Waals surface area (Å²) in [4.78, 5) is 25.1. The lowest BCUT2D eigenvalue weighted by Gasteiger charge is -2.25. The van der Waals surface area contributed by atoms with Crippen LogP contribution in [0.15, 0.2) is 71.5 Å². The number of hydrogen-bond acceptors (Lipinski definition) is 3. The van der Waals surface area contributed by atoms with Gasteiger partial charge in [0.1, 0.15) is 11.4 Å². The second kappa shape index (κ2) is 7.53. The number of nitrogens with zero attached hydrogens (tertiary/aromatic N) is 2. The molecule has 1 aromatic heterocycles. The van der Waals surface area contributed by atoms with Crippen LogP contribution in [-0.4, -0.2) is 15.7 Å². The standard InChI is InChI=1S/C21H20FN3O2/c1-21(2,20(27)23-14-15-8-10-17(22)11-9-15)25-19(26)13-12-18(24-25)16-6-4-3-5-7-16/h3-13H,14H2,1-2H3,(H,23,27). The number of rotatable bonds is 5. The molecule has 0 aliphatic heterocycles. The van der Waals surface area contributed by atoms with E-state index in [0.29, 0.717) is 5.69 Å². The molecule has 27 heavy (non-hydrogen) atoms. The van der Waals surface area contributed by atoms with Crippen LogP contribution >= 0.6 is 0 Å². The molecular weight excluding hydrogens is 345 g/mol. The number of aromatic nitrogens is 2. The molecule has 1 N–H and O–H groups in total. The molecule has 5 nitrogen and oxygen atoms in total. The van der Waals surface area contributed by atoms with E-state index in [9.17, 15) is 14.0 Å². The highest BCUT2D eigenvalue weighted by Crippen LogP contribution is 2.18. The van der Waals surface area contributed by atoms with E-state index in [-0.39, 0.29) is 23.8 Å². The average Bonchev–Trinajstić information content (AvgIpc) is 2.68. The molecule has 1 amide bonds. The van der Waals surface area contributed by atoms with Gasteiger partial charge in [-0.05, 0) is 37.6 Å². The molecule has 1 heterocycles. The third-order valence-corrected chi connectivity index (χ3v) is 4.32. The van der Waals surface area contributed by atoms with Crippen molar-refractivity contribution in [2.45, 2.75) is 25.9 Å². The topological polar surface area (TPSA) is 64.0 Å². The van der Waals surface area contributed by atoms with Crippen LogP contribution in [0.25, 0.3) is 11.3 Å². The molecule has 3 rings (SSSR count). The molecular formula is C21H20FN3O2. The summed E-state index contributed by atoms with van der Waals surface area (Å²) >= 11 is 0. The van der Waals surface area contributed by atoms with Gasteiger partial charge in [0.25, 0.3) is 5.56 Å². The lowest BCUT2D eigenvalue weighted by atomic mass is 10.0. The van der Waals surface area contributed by atoms with Crippen LogP contribution < -0.4 is 10.9 Å². The summed E-state index contributed by atoms with van der Waals surface area (Å²) in [6, 6.07) is 18.4. The fourth-order valence-corrected chi connectivity index (χ4v) is 2.67. The van der Waals surface area contributed by atoms with Gasteiger partial charge < -0.3 is 5.32 Å². The highest BCUT2D eigenvalue weighted by Gasteiger charge is 2.32. The quantitative estimate of drug-likeness (QED) is 0.756. The molecule has 0 aliphatic rings. The van der Waals surface area contributed by atoms with E-state index < -0.39 is 5.54 Å². The Morgan fingerprint density at radius 1 is 1.04 bits per heavy atom. The number of carbonyl (C=O) groups is 1. The zero-order valence-electron chi connectivity index (χ0n) is 15.1. The van der Waals surface area contributed by atoms with Gasteiger partial charge in [0.15, 0.2) is 0 Å². The molecule has 2 aromatic carbocycles. The van der Waals surface area contributed by atoms with Crippen LogP contribution in [0.4, 0.5) is 4.39 Å². The Morgan fingerprint density at radius 2 is 1.70 bits per heavy atom. The molecule has 0 saturated heterocycles. The highest BCUT2D eigenvalue weighted by molar-refractivity contribution is 5.83. The SMILES string of the molecule is CC(C)(C(=O)NCc1ccc(F)cc1)n1nc(-c2ccccc2)ccc1=O. The predicted octanol–water partition coefficient (Wildman–Crippen LogP) is 3.10. The minimum absolute atomic E-state index is 0.232. The second-order valence-electron chi connectivity index (χ2n) is 6.70. The predicted molar refractivity (Wildman–Crippen MR) is 102 cm³/mol. The first-order valence-electron chi connectivity index (χ1n) is 8.57. The maximum Gasteiger partial charge on any atom is 0.267 e. The minimum Gasteiger partial charge on any atom is -0.350 e. The Bertz CT molecular complexity index is 996. The number of hydrogen-bond donors (Lipinski definition) is 1. The average molecular weight is 365 g/mol. The highest BCUT2D eigenvalue weighted by atomic mass is 19.1. The summed E-state index contributed by atoms with van der Waals surface area (Å²) in [5, 5.41) is 7.18. The minimum atomic E-state index is -1.19. The van der Waals surface area contributed by atoms with Gasteiger partial charge in [-0.3, -0.25) is 9.59 Å². The molecule has 6 heteroatoms. The normalized spacial score (nSPS) is 11.2. The molecule has 0 aliphatic carbocycles. The molecule has 0 spiro atoms. The van der Waals surface area contributed by atoms with Crippen LogP contribution in [0.1, 0.15) is 19.4 Å². The van der Waals surface area contributed by atoms with Gasteiger partial charge in [0.2, 0.25) is 5.91 Å². The van der Waals surface area contributed by atoms with E-state index in [2.05, 4.69) is 10.4 Å². The van der Waals surface area contributed by atoms with E-state index >= 15 is 0 Å². The van der Waals surface area contributed by atoms with Gasteiger partial charge in [-0.15, -0.1) is 0 Å². The zero-order chi connectivity index (χ0) is 19.4. The van der Waals surface area contributed by atoms with E-state index in [4.69, 9.17) is 0 Å². The number of halogens is 1. The van der Waals surface area contributed by atoms with Gasteiger partial charge in [-0.25, -0.2) is 9.07 Å². The molecule has 3 aromatic rings. The summed E-state index contributed by atoms with van der Waals surface area (Å²) in [5.41, 5.74) is 0.668. The Balaban J connectivity index is 1.83. The molecule has 138 valence electrons. The van der Waals surface area contributed by atoms with Crippen molar-refractivity contribution in [1.29, 1.82) is 0 Å². The van der Waals surface area contributed by atoms with E-state index in [0.717, 1.165) is 11.1 Å². The monoisotopic (exact) mass is 365 g/mol. The Morgan fingerprint density at radius 3 is 2.37 bits per heavy atom. The van der Waals surface area contributed by atoms with Crippen molar-refractivity contribution < 1.29 is 9.18 Å².